The van der Waals surface area contributed by atoms with Gasteiger partial charge in [0.2, 0.25) is 0 Å². The molecular weight excluding hydrogens is 333 g/mol. The molecule has 2 rings (SSSR count). The summed E-state index contributed by atoms with van der Waals surface area (Å²) in [6.45, 7) is 2.19. The molecular formula is C16H18IN. The number of hydrogen-bond acceptors (Lipinski definition) is 1. The van der Waals surface area contributed by atoms with Gasteiger partial charge >= 0.3 is 0 Å². The molecule has 18 heavy (non-hydrogen) atoms. The minimum absolute atomic E-state index is 0.268. The molecule has 2 aromatic rings. The van der Waals surface area contributed by atoms with E-state index in [0.717, 1.165) is 6.42 Å². The summed E-state index contributed by atoms with van der Waals surface area (Å²) in [6.07, 6.45) is 1.08. The van der Waals surface area contributed by atoms with Crippen LogP contribution in [0.15, 0.2) is 48.5 Å². The molecule has 2 heteroatoms. The molecule has 0 saturated carbocycles. The SMILES string of the molecule is CCc1cccc(C(NC)c2ccccc2I)c1. The van der Waals surface area contributed by atoms with Gasteiger partial charge in [-0.05, 0) is 58.8 Å². The van der Waals surface area contributed by atoms with E-state index in [1.165, 1.54) is 20.3 Å². The summed E-state index contributed by atoms with van der Waals surface area (Å²) in [4.78, 5) is 0. The Bertz CT molecular complexity index is 522. The molecule has 94 valence electrons. The standard InChI is InChI=1S/C16H18IN/c1-3-12-7-6-8-13(11-12)16(18-2)14-9-4-5-10-15(14)17/h4-11,16,18H,3H2,1-2H3. The molecule has 0 aliphatic heterocycles. The second-order valence-corrected chi connectivity index (χ2v) is 5.50. The molecule has 1 unspecified atom stereocenters. The molecule has 0 aliphatic carbocycles. The largest absolute Gasteiger partial charge is 0.309 e. The van der Waals surface area contributed by atoms with Gasteiger partial charge in [-0.3, -0.25) is 0 Å². The molecule has 1 nitrogen and oxygen atoms in total. The Morgan fingerprint density at radius 2 is 1.89 bits per heavy atom. The van der Waals surface area contributed by atoms with Crippen molar-refractivity contribution in [2.45, 2.75) is 19.4 Å². The summed E-state index contributed by atoms with van der Waals surface area (Å²) in [6, 6.07) is 17.6. The maximum absolute atomic E-state index is 3.42. The van der Waals surface area contributed by atoms with Crippen molar-refractivity contribution in [3.05, 3.63) is 68.8 Å². The zero-order chi connectivity index (χ0) is 13.0. The Labute approximate surface area is 123 Å². The molecule has 0 aliphatic rings. The fourth-order valence-electron chi connectivity index (χ4n) is 2.20. The topological polar surface area (TPSA) is 12.0 Å². The van der Waals surface area contributed by atoms with E-state index in [4.69, 9.17) is 0 Å². The lowest BCUT2D eigenvalue weighted by Gasteiger charge is -2.19. The van der Waals surface area contributed by atoms with E-state index in [1.54, 1.807) is 0 Å². The Balaban J connectivity index is 2.42. The van der Waals surface area contributed by atoms with Crippen molar-refractivity contribution < 1.29 is 0 Å². The van der Waals surface area contributed by atoms with Gasteiger partial charge in [0.05, 0.1) is 6.04 Å². The first-order chi connectivity index (χ1) is 8.76. The molecule has 0 radical (unpaired) electrons. The van der Waals surface area contributed by atoms with E-state index < -0.39 is 0 Å². The third kappa shape index (κ3) is 2.93. The Morgan fingerprint density at radius 1 is 1.11 bits per heavy atom. The van der Waals surface area contributed by atoms with Gasteiger partial charge in [0.25, 0.3) is 0 Å². The fraction of sp³-hybridized carbons (Fsp3) is 0.250. The second-order valence-electron chi connectivity index (χ2n) is 4.34. The zero-order valence-corrected chi connectivity index (χ0v) is 12.9. The van der Waals surface area contributed by atoms with Crippen molar-refractivity contribution in [2.75, 3.05) is 7.05 Å². The number of hydrogen-bond donors (Lipinski definition) is 1. The second kappa shape index (κ2) is 6.34. The van der Waals surface area contributed by atoms with E-state index in [-0.39, 0.29) is 6.04 Å². The highest BCUT2D eigenvalue weighted by molar-refractivity contribution is 14.1. The van der Waals surface area contributed by atoms with E-state index >= 15 is 0 Å². The van der Waals surface area contributed by atoms with Crippen LogP contribution in [0.2, 0.25) is 0 Å². The van der Waals surface area contributed by atoms with Gasteiger partial charge in [-0.2, -0.15) is 0 Å². The predicted octanol–water partition coefficient (Wildman–Crippen LogP) is 4.16. The molecule has 0 bridgehead atoms. The number of rotatable bonds is 4. The predicted molar refractivity (Wildman–Crippen MR) is 85.9 cm³/mol. The van der Waals surface area contributed by atoms with Crippen molar-refractivity contribution in [3.63, 3.8) is 0 Å². The van der Waals surface area contributed by atoms with E-state index in [0.29, 0.717) is 0 Å². The van der Waals surface area contributed by atoms with Crippen molar-refractivity contribution in [3.8, 4) is 0 Å². The van der Waals surface area contributed by atoms with Crippen LogP contribution in [-0.2, 0) is 6.42 Å². The Hall–Kier alpha value is -0.870. The van der Waals surface area contributed by atoms with Crippen molar-refractivity contribution >= 4 is 22.6 Å². The molecule has 0 heterocycles. The van der Waals surface area contributed by atoms with Crippen LogP contribution in [0.5, 0.6) is 0 Å². The molecule has 0 spiro atoms. The van der Waals surface area contributed by atoms with Crippen molar-refractivity contribution in [1.29, 1.82) is 0 Å². The average Bonchev–Trinajstić information content (AvgIpc) is 2.42. The van der Waals surface area contributed by atoms with Crippen LogP contribution in [0, 0.1) is 3.57 Å². The fourth-order valence-corrected chi connectivity index (χ4v) is 2.90. The molecule has 2 aromatic carbocycles. The van der Waals surface area contributed by atoms with Gasteiger partial charge in [-0.15, -0.1) is 0 Å². The van der Waals surface area contributed by atoms with E-state index in [9.17, 15) is 0 Å². The maximum atomic E-state index is 3.42. The summed E-state index contributed by atoms with van der Waals surface area (Å²) >= 11 is 2.40. The van der Waals surface area contributed by atoms with Crippen LogP contribution in [0.3, 0.4) is 0 Å². The van der Waals surface area contributed by atoms with Gasteiger partial charge in [0, 0.05) is 3.57 Å². The lowest BCUT2D eigenvalue weighted by Crippen LogP contribution is -2.18. The van der Waals surface area contributed by atoms with E-state index in [2.05, 4.69) is 83.4 Å². The highest BCUT2D eigenvalue weighted by Gasteiger charge is 2.14. The number of halogens is 1. The van der Waals surface area contributed by atoms with Crippen LogP contribution in [-0.4, -0.2) is 7.05 Å². The van der Waals surface area contributed by atoms with E-state index in [1.807, 2.05) is 7.05 Å². The first-order valence-corrected chi connectivity index (χ1v) is 7.34. The lowest BCUT2D eigenvalue weighted by molar-refractivity contribution is 0.687. The summed E-state index contributed by atoms with van der Waals surface area (Å²) in [5.74, 6) is 0. The van der Waals surface area contributed by atoms with Crippen LogP contribution in [0.1, 0.15) is 29.7 Å². The molecule has 0 aromatic heterocycles. The Kier molecular flexibility index (Phi) is 4.78. The zero-order valence-electron chi connectivity index (χ0n) is 10.8. The van der Waals surface area contributed by atoms with Crippen LogP contribution in [0.4, 0.5) is 0 Å². The summed E-state index contributed by atoms with van der Waals surface area (Å²) in [5, 5.41) is 3.42. The van der Waals surface area contributed by atoms with Crippen LogP contribution >= 0.6 is 22.6 Å². The van der Waals surface area contributed by atoms with Gasteiger partial charge in [0.1, 0.15) is 0 Å². The van der Waals surface area contributed by atoms with Gasteiger partial charge in [-0.25, -0.2) is 0 Å². The average molecular weight is 351 g/mol. The first-order valence-electron chi connectivity index (χ1n) is 6.26. The number of nitrogens with one attached hydrogen (secondary N) is 1. The number of aryl methyl sites for hydroxylation is 1. The molecule has 0 amide bonds. The number of benzene rings is 2. The Morgan fingerprint density at radius 3 is 2.56 bits per heavy atom. The molecule has 0 fully saturated rings. The molecule has 0 saturated heterocycles. The van der Waals surface area contributed by atoms with Crippen LogP contribution in [0.25, 0.3) is 0 Å². The van der Waals surface area contributed by atoms with Crippen molar-refractivity contribution in [1.82, 2.24) is 5.32 Å². The normalized spacial score (nSPS) is 12.4. The lowest BCUT2D eigenvalue weighted by atomic mass is 9.97. The first kappa shape index (κ1) is 13.6. The van der Waals surface area contributed by atoms with Gasteiger partial charge < -0.3 is 5.32 Å². The maximum Gasteiger partial charge on any atom is 0.0584 e. The molecule has 1 atom stereocenters. The summed E-state index contributed by atoms with van der Waals surface area (Å²) in [5.41, 5.74) is 4.06. The summed E-state index contributed by atoms with van der Waals surface area (Å²) in [7, 11) is 2.02. The third-order valence-corrected chi connectivity index (χ3v) is 4.18. The van der Waals surface area contributed by atoms with Crippen molar-refractivity contribution in [2.24, 2.45) is 0 Å². The highest BCUT2D eigenvalue weighted by atomic mass is 127. The smallest absolute Gasteiger partial charge is 0.0584 e. The van der Waals surface area contributed by atoms with Gasteiger partial charge in [0.15, 0.2) is 0 Å². The monoisotopic (exact) mass is 351 g/mol. The summed E-state index contributed by atoms with van der Waals surface area (Å²) < 4.78 is 1.30. The minimum Gasteiger partial charge on any atom is -0.309 e. The highest BCUT2D eigenvalue weighted by Crippen LogP contribution is 2.26. The van der Waals surface area contributed by atoms with Crippen LogP contribution < -0.4 is 5.32 Å². The minimum atomic E-state index is 0.268. The van der Waals surface area contributed by atoms with Gasteiger partial charge in [-0.1, -0.05) is 49.4 Å². The quantitative estimate of drug-likeness (QED) is 0.816. The molecule has 1 N–H and O–H groups in total. The third-order valence-electron chi connectivity index (χ3n) is 3.20.